The van der Waals surface area contributed by atoms with Crippen molar-refractivity contribution in [3.63, 3.8) is 0 Å². The van der Waals surface area contributed by atoms with E-state index in [4.69, 9.17) is 0 Å². The minimum Gasteiger partial charge on any atom is -0.384 e. The van der Waals surface area contributed by atoms with Crippen LogP contribution in [0.15, 0.2) is 48.5 Å². The maximum atomic E-state index is 12.4. The molecule has 0 heterocycles. The SMILES string of the molecule is Cc1cccc(C(O)c2ccc(C(F)F)cc2)c1. The first kappa shape index (κ1) is 12.7. The zero-order valence-electron chi connectivity index (χ0n) is 9.98. The molecule has 0 bridgehead atoms. The summed E-state index contributed by atoms with van der Waals surface area (Å²) < 4.78 is 24.8. The molecule has 1 N–H and O–H groups in total. The molecule has 0 saturated heterocycles. The summed E-state index contributed by atoms with van der Waals surface area (Å²) in [4.78, 5) is 0. The van der Waals surface area contributed by atoms with E-state index in [1.54, 1.807) is 0 Å². The van der Waals surface area contributed by atoms with E-state index < -0.39 is 12.5 Å². The van der Waals surface area contributed by atoms with Gasteiger partial charge in [0.25, 0.3) is 6.43 Å². The second-order valence-electron chi connectivity index (χ2n) is 4.28. The van der Waals surface area contributed by atoms with Crippen molar-refractivity contribution in [2.75, 3.05) is 0 Å². The molecule has 1 nitrogen and oxygen atoms in total. The van der Waals surface area contributed by atoms with Gasteiger partial charge < -0.3 is 5.11 Å². The van der Waals surface area contributed by atoms with Gasteiger partial charge in [0.05, 0.1) is 0 Å². The Morgan fingerprint density at radius 3 is 2.06 bits per heavy atom. The third kappa shape index (κ3) is 2.74. The predicted molar refractivity (Wildman–Crippen MR) is 66.6 cm³/mol. The summed E-state index contributed by atoms with van der Waals surface area (Å²) in [5, 5.41) is 10.2. The number of benzene rings is 2. The van der Waals surface area contributed by atoms with Crippen LogP contribution in [0.4, 0.5) is 8.78 Å². The van der Waals surface area contributed by atoms with Crippen LogP contribution < -0.4 is 0 Å². The van der Waals surface area contributed by atoms with Crippen LogP contribution >= 0.6 is 0 Å². The lowest BCUT2D eigenvalue weighted by atomic mass is 9.99. The highest BCUT2D eigenvalue weighted by atomic mass is 19.3. The van der Waals surface area contributed by atoms with Crippen molar-refractivity contribution in [2.45, 2.75) is 19.5 Å². The van der Waals surface area contributed by atoms with Crippen molar-refractivity contribution in [3.8, 4) is 0 Å². The Hall–Kier alpha value is -1.74. The Morgan fingerprint density at radius 1 is 0.889 bits per heavy atom. The molecule has 0 aromatic heterocycles. The van der Waals surface area contributed by atoms with Crippen LogP contribution in [0.5, 0.6) is 0 Å². The van der Waals surface area contributed by atoms with Crippen LogP contribution in [0, 0.1) is 6.92 Å². The highest BCUT2D eigenvalue weighted by molar-refractivity contribution is 5.33. The molecule has 0 amide bonds. The van der Waals surface area contributed by atoms with Crippen molar-refractivity contribution < 1.29 is 13.9 Å². The van der Waals surface area contributed by atoms with E-state index in [1.165, 1.54) is 24.3 Å². The molecule has 3 heteroatoms. The quantitative estimate of drug-likeness (QED) is 0.870. The fourth-order valence-electron chi connectivity index (χ4n) is 1.86. The molecule has 94 valence electrons. The largest absolute Gasteiger partial charge is 0.384 e. The number of rotatable bonds is 3. The van der Waals surface area contributed by atoms with Crippen LogP contribution in [0.2, 0.25) is 0 Å². The summed E-state index contributed by atoms with van der Waals surface area (Å²) in [6, 6.07) is 13.3. The molecule has 0 saturated carbocycles. The summed E-state index contributed by atoms with van der Waals surface area (Å²) in [6.45, 7) is 1.94. The molecule has 1 unspecified atom stereocenters. The van der Waals surface area contributed by atoms with Crippen LogP contribution in [-0.4, -0.2) is 5.11 Å². The van der Waals surface area contributed by atoms with Gasteiger partial charge in [-0.05, 0) is 18.1 Å². The third-order valence-electron chi connectivity index (χ3n) is 2.86. The number of alkyl halides is 2. The first-order valence-electron chi connectivity index (χ1n) is 5.70. The Kier molecular flexibility index (Phi) is 3.72. The smallest absolute Gasteiger partial charge is 0.263 e. The molecular weight excluding hydrogens is 234 g/mol. The van der Waals surface area contributed by atoms with Crippen molar-refractivity contribution >= 4 is 0 Å². The van der Waals surface area contributed by atoms with Gasteiger partial charge in [-0.1, -0.05) is 54.1 Å². The number of hydrogen-bond acceptors (Lipinski definition) is 1. The molecular formula is C15H14F2O. The zero-order valence-corrected chi connectivity index (χ0v) is 9.98. The molecule has 2 rings (SSSR count). The van der Waals surface area contributed by atoms with E-state index in [2.05, 4.69) is 0 Å². The van der Waals surface area contributed by atoms with Crippen LogP contribution in [-0.2, 0) is 0 Å². The number of aryl methyl sites for hydroxylation is 1. The van der Waals surface area contributed by atoms with Gasteiger partial charge in [0, 0.05) is 5.56 Å². The summed E-state index contributed by atoms with van der Waals surface area (Å²) in [7, 11) is 0. The van der Waals surface area contributed by atoms with E-state index in [0.717, 1.165) is 11.1 Å². The molecule has 0 fully saturated rings. The topological polar surface area (TPSA) is 20.2 Å². The lowest BCUT2D eigenvalue weighted by Gasteiger charge is -2.12. The maximum absolute atomic E-state index is 12.4. The van der Waals surface area contributed by atoms with E-state index in [-0.39, 0.29) is 5.56 Å². The van der Waals surface area contributed by atoms with E-state index in [0.29, 0.717) is 5.56 Å². The highest BCUT2D eigenvalue weighted by Crippen LogP contribution is 2.25. The average molecular weight is 248 g/mol. The summed E-state index contributed by atoms with van der Waals surface area (Å²) in [5.74, 6) is 0. The molecule has 0 radical (unpaired) electrons. The Bertz CT molecular complexity index is 520. The first-order valence-corrected chi connectivity index (χ1v) is 5.70. The molecule has 1 atom stereocenters. The molecule has 0 aliphatic heterocycles. The molecule has 0 aliphatic rings. The van der Waals surface area contributed by atoms with Gasteiger partial charge in [0.1, 0.15) is 6.10 Å². The Labute approximate surface area is 105 Å². The fraction of sp³-hybridized carbons (Fsp3) is 0.200. The standard InChI is InChI=1S/C15H14F2O/c1-10-3-2-4-13(9-10)14(18)11-5-7-12(8-6-11)15(16)17/h2-9,14-15,18H,1H3. The molecule has 0 spiro atoms. The predicted octanol–water partition coefficient (Wildman–Crippen LogP) is 4.01. The van der Waals surface area contributed by atoms with E-state index in [9.17, 15) is 13.9 Å². The van der Waals surface area contributed by atoms with Crippen LogP contribution in [0.25, 0.3) is 0 Å². The number of halogens is 2. The van der Waals surface area contributed by atoms with Gasteiger partial charge in [-0.25, -0.2) is 8.78 Å². The van der Waals surface area contributed by atoms with Gasteiger partial charge in [0.2, 0.25) is 0 Å². The van der Waals surface area contributed by atoms with Crippen molar-refractivity contribution in [3.05, 3.63) is 70.8 Å². The lowest BCUT2D eigenvalue weighted by Crippen LogP contribution is -2.00. The van der Waals surface area contributed by atoms with Gasteiger partial charge >= 0.3 is 0 Å². The first-order chi connectivity index (χ1) is 8.58. The van der Waals surface area contributed by atoms with Crippen LogP contribution in [0.3, 0.4) is 0 Å². The molecule has 2 aromatic rings. The van der Waals surface area contributed by atoms with Gasteiger partial charge in [-0.3, -0.25) is 0 Å². The minimum absolute atomic E-state index is 0.0322. The van der Waals surface area contributed by atoms with Gasteiger partial charge in [0.15, 0.2) is 0 Å². The fourth-order valence-corrected chi connectivity index (χ4v) is 1.86. The zero-order chi connectivity index (χ0) is 13.1. The molecule has 18 heavy (non-hydrogen) atoms. The number of aliphatic hydroxyl groups is 1. The van der Waals surface area contributed by atoms with Crippen LogP contribution in [0.1, 0.15) is 34.8 Å². The summed E-state index contributed by atoms with van der Waals surface area (Å²) in [6.07, 6.45) is -3.26. The lowest BCUT2D eigenvalue weighted by molar-refractivity contribution is 0.151. The Balaban J connectivity index is 2.26. The Morgan fingerprint density at radius 2 is 1.50 bits per heavy atom. The monoisotopic (exact) mass is 248 g/mol. The van der Waals surface area contributed by atoms with E-state index >= 15 is 0 Å². The van der Waals surface area contributed by atoms with Crippen molar-refractivity contribution in [1.29, 1.82) is 0 Å². The summed E-state index contributed by atoms with van der Waals surface area (Å²) >= 11 is 0. The second kappa shape index (κ2) is 5.27. The highest BCUT2D eigenvalue weighted by Gasteiger charge is 2.12. The maximum Gasteiger partial charge on any atom is 0.263 e. The van der Waals surface area contributed by atoms with Gasteiger partial charge in [-0.2, -0.15) is 0 Å². The molecule has 0 aliphatic carbocycles. The normalized spacial score (nSPS) is 12.7. The molecule has 2 aromatic carbocycles. The number of aliphatic hydroxyl groups excluding tert-OH is 1. The third-order valence-corrected chi connectivity index (χ3v) is 2.86. The average Bonchev–Trinajstić information content (AvgIpc) is 2.38. The van der Waals surface area contributed by atoms with Gasteiger partial charge in [-0.15, -0.1) is 0 Å². The summed E-state index contributed by atoms with van der Waals surface area (Å²) in [5.41, 5.74) is 2.40. The van der Waals surface area contributed by atoms with E-state index in [1.807, 2.05) is 31.2 Å². The van der Waals surface area contributed by atoms with Crippen molar-refractivity contribution in [2.24, 2.45) is 0 Å². The number of hydrogen-bond donors (Lipinski definition) is 1. The second-order valence-corrected chi connectivity index (χ2v) is 4.28. The van der Waals surface area contributed by atoms with Crippen molar-refractivity contribution in [1.82, 2.24) is 0 Å². The minimum atomic E-state index is -2.48.